The Labute approximate surface area is 45.7 Å². The molecule has 0 aliphatic rings. The summed E-state index contributed by atoms with van der Waals surface area (Å²) in [4.78, 5) is 9.89. The van der Waals surface area contributed by atoms with Crippen molar-refractivity contribution in [1.29, 1.82) is 0 Å². The van der Waals surface area contributed by atoms with Crippen LogP contribution in [0.5, 0.6) is 0 Å². The summed E-state index contributed by atoms with van der Waals surface area (Å²) >= 11 is 0. The summed E-state index contributed by atoms with van der Waals surface area (Å²) < 4.78 is 0. The molecule has 0 radical (unpaired) electrons. The number of carbonyl (C=O) groups excluding carboxylic acids is 1. The number of anilines is 1. The van der Waals surface area contributed by atoms with Crippen LogP contribution >= 0.6 is 0 Å². The fraction of sp³-hybridized carbons (Fsp3) is 0. The van der Waals surface area contributed by atoms with Crippen LogP contribution in [0.2, 0.25) is 0 Å². The maximum absolute atomic E-state index is 9.89. The maximum Gasteiger partial charge on any atom is 0.167 e. The SMILES string of the molecule is Nc1cc(C=O)[nH]n1. The van der Waals surface area contributed by atoms with Gasteiger partial charge < -0.3 is 5.73 Å². The molecular weight excluding hydrogens is 106 g/mol. The van der Waals surface area contributed by atoms with Crippen LogP contribution in [-0.4, -0.2) is 16.5 Å². The Bertz CT molecular complexity index is 193. The van der Waals surface area contributed by atoms with E-state index in [0.717, 1.165) is 0 Å². The van der Waals surface area contributed by atoms with Gasteiger partial charge in [0.15, 0.2) is 6.29 Å². The molecular formula is C4H5N3O. The molecule has 0 saturated heterocycles. The largest absolute Gasteiger partial charge is 0.382 e. The number of nitrogens with zero attached hydrogens (tertiary/aromatic N) is 1. The van der Waals surface area contributed by atoms with Crippen molar-refractivity contribution in [3.05, 3.63) is 11.8 Å². The lowest BCUT2D eigenvalue weighted by Gasteiger charge is -1.68. The van der Waals surface area contributed by atoms with E-state index in [1.807, 2.05) is 0 Å². The fourth-order valence-electron chi connectivity index (χ4n) is 0.413. The number of carbonyl (C=O) groups is 1. The molecule has 0 spiro atoms. The number of H-pyrrole nitrogens is 1. The third-order valence-corrected chi connectivity index (χ3v) is 0.744. The van der Waals surface area contributed by atoms with Crippen molar-refractivity contribution >= 4 is 12.1 Å². The Morgan fingerprint density at radius 1 is 1.88 bits per heavy atom. The molecule has 0 bridgehead atoms. The average molecular weight is 111 g/mol. The van der Waals surface area contributed by atoms with Crippen LogP contribution in [0, 0.1) is 0 Å². The quantitative estimate of drug-likeness (QED) is 0.493. The number of hydrogen-bond acceptors (Lipinski definition) is 3. The molecule has 1 aromatic heterocycles. The molecule has 8 heavy (non-hydrogen) atoms. The van der Waals surface area contributed by atoms with Crippen LogP contribution in [0.25, 0.3) is 0 Å². The van der Waals surface area contributed by atoms with Gasteiger partial charge in [0.2, 0.25) is 0 Å². The highest BCUT2D eigenvalue weighted by Gasteiger charge is 1.90. The molecule has 1 rings (SSSR count). The zero-order valence-electron chi connectivity index (χ0n) is 4.09. The van der Waals surface area contributed by atoms with Gasteiger partial charge in [-0.25, -0.2) is 0 Å². The predicted octanol–water partition coefficient (Wildman–Crippen LogP) is -0.196. The van der Waals surface area contributed by atoms with Gasteiger partial charge >= 0.3 is 0 Å². The Morgan fingerprint density at radius 2 is 2.62 bits per heavy atom. The highest BCUT2D eigenvalue weighted by atomic mass is 16.1. The minimum absolute atomic E-state index is 0.340. The highest BCUT2D eigenvalue weighted by molar-refractivity contribution is 5.72. The van der Waals surface area contributed by atoms with Gasteiger partial charge in [0, 0.05) is 6.07 Å². The summed E-state index contributed by atoms with van der Waals surface area (Å²) in [6, 6.07) is 1.47. The van der Waals surface area contributed by atoms with Crippen molar-refractivity contribution in [2.24, 2.45) is 0 Å². The molecule has 42 valence electrons. The number of rotatable bonds is 1. The molecule has 0 aromatic carbocycles. The number of nitrogens with two attached hydrogens (primary N) is 1. The second kappa shape index (κ2) is 1.65. The molecule has 0 fully saturated rings. The van der Waals surface area contributed by atoms with E-state index in [1.165, 1.54) is 6.07 Å². The van der Waals surface area contributed by atoms with Crippen LogP contribution < -0.4 is 5.73 Å². The number of aldehydes is 1. The van der Waals surface area contributed by atoms with E-state index in [9.17, 15) is 4.79 Å². The van der Waals surface area contributed by atoms with E-state index in [4.69, 9.17) is 5.73 Å². The van der Waals surface area contributed by atoms with Gasteiger partial charge in [0.1, 0.15) is 5.82 Å². The molecule has 0 amide bonds. The van der Waals surface area contributed by atoms with Crippen LogP contribution in [0.15, 0.2) is 6.07 Å². The van der Waals surface area contributed by atoms with Gasteiger partial charge in [0.05, 0.1) is 5.69 Å². The first-order valence-corrected chi connectivity index (χ1v) is 2.09. The molecule has 0 aliphatic heterocycles. The summed E-state index contributed by atoms with van der Waals surface area (Å²) in [6.07, 6.45) is 0.656. The zero-order valence-corrected chi connectivity index (χ0v) is 4.09. The molecule has 0 saturated carbocycles. The number of aromatic nitrogens is 2. The van der Waals surface area contributed by atoms with Crippen molar-refractivity contribution in [2.45, 2.75) is 0 Å². The van der Waals surface area contributed by atoms with Crippen molar-refractivity contribution < 1.29 is 4.79 Å². The smallest absolute Gasteiger partial charge is 0.167 e. The Kier molecular flexibility index (Phi) is 0.997. The summed E-state index contributed by atoms with van der Waals surface area (Å²) in [6.45, 7) is 0. The number of hydrogen-bond donors (Lipinski definition) is 2. The third-order valence-electron chi connectivity index (χ3n) is 0.744. The number of aromatic amines is 1. The fourth-order valence-corrected chi connectivity index (χ4v) is 0.413. The predicted molar refractivity (Wildman–Crippen MR) is 28.4 cm³/mol. The summed E-state index contributed by atoms with van der Waals surface area (Å²) in [5.41, 5.74) is 5.56. The normalized spacial score (nSPS) is 9.00. The van der Waals surface area contributed by atoms with Gasteiger partial charge in [-0.3, -0.25) is 9.89 Å². The van der Waals surface area contributed by atoms with Gasteiger partial charge in [0.25, 0.3) is 0 Å². The second-order valence-corrected chi connectivity index (χ2v) is 1.37. The molecule has 4 nitrogen and oxygen atoms in total. The van der Waals surface area contributed by atoms with Crippen molar-refractivity contribution in [3.8, 4) is 0 Å². The molecule has 4 heteroatoms. The zero-order chi connectivity index (χ0) is 5.98. The van der Waals surface area contributed by atoms with Crippen LogP contribution in [0.3, 0.4) is 0 Å². The first-order valence-electron chi connectivity index (χ1n) is 2.09. The summed E-state index contributed by atoms with van der Waals surface area (Å²) in [7, 11) is 0. The van der Waals surface area contributed by atoms with Gasteiger partial charge in [-0.1, -0.05) is 0 Å². The summed E-state index contributed by atoms with van der Waals surface area (Å²) in [5.74, 6) is 0.340. The van der Waals surface area contributed by atoms with Crippen molar-refractivity contribution in [2.75, 3.05) is 5.73 Å². The highest BCUT2D eigenvalue weighted by Crippen LogP contribution is 1.94. The van der Waals surface area contributed by atoms with Gasteiger partial charge in [-0.15, -0.1) is 0 Å². The Hall–Kier alpha value is -1.32. The lowest BCUT2D eigenvalue weighted by molar-refractivity contribution is 0.111. The molecule has 3 N–H and O–H groups in total. The number of nitrogen functional groups attached to an aromatic ring is 1. The van der Waals surface area contributed by atoms with E-state index in [1.54, 1.807) is 0 Å². The van der Waals surface area contributed by atoms with E-state index in [2.05, 4.69) is 10.2 Å². The lowest BCUT2D eigenvalue weighted by atomic mass is 10.5. The first-order chi connectivity index (χ1) is 3.83. The maximum atomic E-state index is 9.89. The van der Waals surface area contributed by atoms with Crippen LogP contribution in [-0.2, 0) is 0 Å². The Balaban J connectivity index is 3.00. The van der Waals surface area contributed by atoms with Gasteiger partial charge in [-0.05, 0) is 0 Å². The minimum Gasteiger partial charge on any atom is -0.382 e. The first kappa shape index (κ1) is 4.83. The average Bonchev–Trinajstić information content (AvgIpc) is 2.14. The topological polar surface area (TPSA) is 71.8 Å². The molecule has 0 atom stereocenters. The number of nitrogens with one attached hydrogen (secondary N) is 1. The summed E-state index contributed by atoms with van der Waals surface area (Å²) in [5, 5.41) is 5.92. The van der Waals surface area contributed by atoms with Crippen molar-refractivity contribution in [3.63, 3.8) is 0 Å². The van der Waals surface area contributed by atoms with Gasteiger partial charge in [-0.2, -0.15) is 5.10 Å². The van der Waals surface area contributed by atoms with Crippen molar-refractivity contribution in [1.82, 2.24) is 10.2 Å². The van der Waals surface area contributed by atoms with E-state index < -0.39 is 0 Å². The van der Waals surface area contributed by atoms with Crippen LogP contribution in [0.4, 0.5) is 5.82 Å². The molecule has 1 aromatic rings. The van der Waals surface area contributed by atoms with Crippen LogP contribution in [0.1, 0.15) is 10.5 Å². The molecule has 0 aliphatic carbocycles. The lowest BCUT2D eigenvalue weighted by Crippen LogP contribution is -1.81. The monoisotopic (exact) mass is 111 g/mol. The minimum atomic E-state index is 0.340. The molecule has 1 heterocycles. The van der Waals surface area contributed by atoms with E-state index in [-0.39, 0.29) is 0 Å². The van der Waals surface area contributed by atoms with E-state index >= 15 is 0 Å². The standard InChI is InChI=1S/C4H5N3O/c5-4-1-3(2-8)6-7-4/h1-2H,(H3,5,6,7). The third kappa shape index (κ3) is 0.676. The second-order valence-electron chi connectivity index (χ2n) is 1.37. The molecule has 0 unspecified atom stereocenters. The Morgan fingerprint density at radius 3 is 2.88 bits per heavy atom. The van der Waals surface area contributed by atoms with E-state index in [0.29, 0.717) is 17.8 Å².